The van der Waals surface area contributed by atoms with Crippen LogP contribution in [0.15, 0.2) is 72.9 Å². The first-order valence-electron chi connectivity index (χ1n) is 13.3. The van der Waals surface area contributed by atoms with Crippen LogP contribution >= 0.6 is 0 Å². The quantitative estimate of drug-likeness (QED) is 0.332. The lowest BCUT2D eigenvalue weighted by atomic mass is 9.87. The number of rotatable bonds is 7. The Bertz CT molecular complexity index is 1440. The second-order valence-corrected chi connectivity index (χ2v) is 10.0. The maximum Gasteiger partial charge on any atom is 0.231 e. The van der Waals surface area contributed by atoms with Gasteiger partial charge in [-0.15, -0.1) is 0 Å². The monoisotopic (exact) mass is 513 g/mol. The largest absolute Gasteiger partial charge is 0.454 e. The van der Waals surface area contributed by atoms with Crippen molar-refractivity contribution in [2.24, 2.45) is 0 Å². The predicted molar refractivity (Wildman–Crippen MR) is 145 cm³/mol. The standard InChI is InChI=1S/C31H32FN3O3/c1-2-34-20-27(25-5-3-4-6-28(25)34)26(23-8-10-24(32)11-9-23)18-31(36)35-15-13-33(14-16-35)19-22-7-12-29-30(17-22)38-21-37-29/h3-12,17,20,26H,2,13-16,18-19,21H2,1H3. The van der Waals surface area contributed by atoms with Crippen LogP contribution in [0.3, 0.4) is 0 Å². The number of hydrogen-bond donors (Lipinski definition) is 0. The lowest BCUT2D eigenvalue weighted by Crippen LogP contribution is -2.48. The highest BCUT2D eigenvalue weighted by atomic mass is 19.1. The van der Waals surface area contributed by atoms with Crippen LogP contribution in [0.1, 0.15) is 36.0 Å². The summed E-state index contributed by atoms with van der Waals surface area (Å²) < 4.78 is 26.9. The van der Waals surface area contributed by atoms with Gasteiger partial charge in [-0.3, -0.25) is 9.69 Å². The maximum absolute atomic E-state index is 13.8. The van der Waals surface area contributed by atoms with Crippen LogP contribution in [0.5, 0.6) is 11.5 Å². The number of carbonyl (C=O) groups is 1. The highest BCUT2D eigenvalue weighted by molar-refractivity contribution is 5.86. The van der Waals surface area contributed by atoms with Crippen molar-refractivity contribution >= 4 is 16.8 Å². The van der Waals surface area contributed by atoms with E-state index in [1.54, 1.807) is 0 Å². The fourth-order valence-corrected chi connectivity index (χ4v) is 5.67. The zero-order valence-corrected chi connectivity index (χ0v) is 21.6. The zero-order chi connectivity index (χ0) is 26.1. The van der Waals surface area contributed by atoms with Gasteiger partial charge in [0.2, 0.25) is 12.7 Å². The van der Waals surface area contributed by atoms with Gasteiger partial charge in [-0.25, -0.2) is 4.39 Å². The summed E-state index contributed by atoms with van der Waals surface area (Å²) in [6.07, 6.45) is 2.51. The molecule has 0 saturated carbocycles. The van der Waals surface area contributed by atoms with E-state index in [1.807, 2.05) is 41.3 Å². The summed E-state index contributed by atoms with van der Waals surface area (Å²) in [7, 11) is 0. The Morgan fingerprint density at radius 2 is 1.71 bits per heavy atom. The molecule has 1 aromatic heterocycles. The molecule has 1 saturated heterocycles. The molecule has 0 aliphatic carbocycles. The summed E-state index contributed by atoms with van der Waals surface area (Å²) in [5, 5.41) is 1.14. The molecule has 2 aliphatic heterocycles. The number of hydrogen-bond acceptors (Lipinski definition) is 4. The minimum atomic E-state index is -0.270. The van der Waals surface area contributed by atoms with Crippen molar-refractivity contribution in [3.63, 3.8) is 0 Å². The molecule has 1 fully saturated rings. The van der Waals surface area contributed by atoms with Gasteiger partial charge < -0.3 is 18.9 Å². The minimum Gasteiger partial charge on any atom is -0.454 e. The van der Waals surface area contributed by atoms with E-state index in [0.717, 1.165) is 59.7 Å². The molecule has 4 aromatic rings. The lowest BCUT2D eigenvalue weighted by Gasteiger charge is -2.35. The average molecular weight is 514 g/mol. The molecule has 2 aliphatic rings. The Labute approximate surface area is 222 Å². The summed E-state index contributed by atoms with van der Waals surface area (Å²) in [6, 6.07) is 21.0. The summed E-state index contributed by atoms with van der Waals surface area (Å²) in [5.41, 5.74) is 4.41. The van der Waals surface area contributed by atoms with Gasteiger partial charge in [0.25, 0.3) is 0 Å². The number of benzene rings is 3. The summed E-state index contributed by atoms with van der Waals surface area (Å²) in [6.45, 7) is 7.07. The van der Waals surface area contributed by atoms with E-state index in [9.17, 15) is 9.18 Å². The molecule has 6 nitrogen and oxygen atoms in total. The van der Waals surface area contributed by atoms with Gasteiger partial charge in [-0.2, -0.15) is 0 Å². The number of aromatic nitrogens is 1. The Morgan fingerprint density at radius 3 is 2.50 bits per heavy atom. The molecule has 1 unspecified atom stereocenters. The van der Waals surface area contributed by atoms with Crippen LogP contribution in [0, 0.1) is 5.82 Å². The van der Waals surface area contributed by atoms with Crippen molar-refractivity contribution in [2.75, 3.05) is 33.0 Å². The Hall–Kier alpha value is -3.84. The Kier molecular flexibility index (Phi) is 6.77. The topological polar surface area (TPSA) is 46.9 Å². The van der Waals surface area contributed by atoms with Gasteiger partial charge in [0.05, 0.1) is 0 Å². The van der Waals surface area contributed by atoms with E-state index in [0.29, 0.717) is 19.5 Å². The van der Waals surface area contributed by atoms with Crippen molar-refractivity contribution in [3.8, 4) is 11.5 Å². The molecule has 1 atom stereocenters. The fourth-order valence-electron chi connectivity index (χ4n) is 5.67. The molecular formula is C31H32FN3O3. The molecule has 0 bridgehead atoms. The smallest absolute Gasteiger partial charge is 0.231 e. The second kappa shape index (κ2) is 10.5. The molecule has 6 rings (SSSR count). The van der Waals surface area contributed by atoms with Crippen LogP contribution < -0.4 is 9.47 Å². The van der Waals surface area contributed by atoms with Gasteiger partial charge >= 0.3 is 0 Å². The van der Waals surface area contributed by atoms with Crippen LogP contribution in [0.2, 0.25) is 0 Å². The van der Waals surface area contributed by atoms with E-state index in [2.05, 4.69) is 40.8 Å². The van der Waals surface area contributed by atoms with E-state index in [4.69, 9.17) is 9.47 Å². The molecule has 38 heavy (non-hydrogen) atoms. The summed E-state index contributed by atoms with van der Waals surface area (Å²) >= 11 is 0. The molecule has 3 heterocycles. The number of para-hydroxylation sites is 1. The Balaban J connectivity index is 1.17. The van der Waals surface area contributed by atoms with Gasteiger partial charge in [-0.1, -0.05) is 36.4 Å². The third-order valence-corrected chi connectivity index (χ3v) is 7.75. The van der Waals surface area contributed by atoms with Gasteiger partial charge in [-0.05, 0) is 53.9 Å². The van der Waals surface area contributed by atoms with Crippen LogP contribution in [0.4, 0.5) is 4.39 Å². The number of carbonyl (C=O) groups excluding carboxylic acids is 1. The summed E-state index contributed by atoms with van der Waals surface area (Å²) in [5.74, 6) is 1.31. The van der Waals surface area contributed by atoms with E-state index < -0.39 is 0 Å². The van der Waals surface area contributed by atoms with Crippen molar-refractivity contribution in [3.05, 3.63) is 95.4 Å². The molecule has 0 radical (unpaired) electrons. The van der Waals surface area contributed by atoms with Crippen LogP contribution in [-0.4, -0.2) is 53.2 Å². The Morgan fingerprint density at radius 1 is 0.947 bits per heavy atom. The number of amides is 1. The number of piperazine rings is 1. The third-order valence-electron chi connectivity index (χ3n) is 7.75. The molecule has 196 valence electrons. The van der Waals surface area contributed by atoms with E-state index >= 15 is 0 Å². The normalized spacial score (nSPS) is 16.2. The zero-order valence-electron chi connectivity index (χ0n) is 21.6. The third kappa shape index (κ3) is 4.86. The van der Waals surface area contributed by atoms with E-state index in [1.165, 1.54) is 17.7 Å². The van der Waals surface area contributed by atoms with Crippen molar-refractivity contribution in [1.82, 2.24) is 14.4 Å². The van der Waals surface area contributed by atoms with Crippen molar-refractivity contribution < 1.29 is 18.7 Å². The first-order valence-corrected chi connectivity index (χ1v) is 13.3. The van der Waals surface area contributed by atoms with Crippen molar-refractivity contribution in [1.29, 1.82) is 0 Å². The number of nitrogens with zero attached hydrogens (tertiary/aromatic N) is 3. The van der Waals surface area contributed by atoms with Crippen molar-refractivity contribution in [2.45, 2.75) is 32.4 Å². The minimum absolute atomic E-state index is 0.135. The van der Waals surface area contributed by atoms with Gasteiger partial charge in [0.1, 0.15) is 5.82 Å². The molecule has 0 N–H and O–H groups in total. The molecular weight excluding hydrogens is 481 g/mol. The van der Waals surface area contributed by atoms with Crippen LogP contribution in [-0.2, 0) is 17.9 Å². The highest BCUT2D eigenvalue weighted by Crippen LogP contribution is 2.36. The van der Waals surface area contributed by atoms with Gasteiger partial charge in [0, 0.05) is 68.7 Å². The number of aryl methyl sites for hydroxylation is 1. The van der Waals surface area contributed by atoms with E-state index in [-0.39, 0.29) is 24.4 Å². The van der Waals surface area contributed by atoms with Crippen LogP contribution in [0.25, 0.3) is 10.9 Å². The highest BCUT2D eigenvalue weighted by Gasteiger charge is 2.27. The fraction of sp³-hybridized carbons (Fsp3) is 0.323. The predicted octanol–water partition coefficient (Wildman–Crippen LogP) is 5.40. The average Bonchev–Trinajstić information content (AvgIpc) is 3.57. The first-order chi connectivity index (χ1) is 18.6. The molecule has 1 amide bonds. The molecule has 7 heteroatoms. The van der Waals surface area contributed by atoms with Gasteiger partial charge in [0.15, 0.2) is 11.5 Å². The number of ether oxygens (including phenoxy) is 2. The first kappa shape index (κ1) is 24.5. The maximum atomic E-state index is 13.8. The number of halogens is 1. The summed E-state index contributed by atoms with van der Waals surface area (Å²) in [4.78, 5) is 18.0. The SMILES string of the molecule is CCn1cc(C(CC(=O)N2CCN(Cc3ccc4c(c3)OCO4)CC2)c2ccc(F)cc2)c2ccccc21. The lowest BCUT2D eigenvalue weighted by molar-refractivity contribution is -0.133. The molecule has 3 aromatic carbocycles. The second-order valence-electron chi connectivity index (χ2n) is 10.0. The number of fused-ring (bicyclic) bond motifs is 2. The molecule has 0 spiro atoms.